The fraction of sp³-hybridized carbons (Fsp3) is 0.538. The molecule has 5 heteroatoms. The molecule has 0 aromatic carbocycles. The van der Waals surface area contributed by atoms with Crippen molar-refractivity contribution in [3.8, 4) is 0 Å². The van der Waals surface area contributed by atoms with E-state index in [4.69, 9.17) is 5.11 Å². The first-order valence-corrected chi connectivity index (χ1v) is 6.28. The van der Waals surface area contributed by atoms with Crippen LogP contribution in [0.1, 0.15) is 18.4 Å². The van der Waals surface area contributed by atoms with E-state index in [-0.39, 0.29) is 18.6 Å². The topological polar surface area (TPSA) is 65.5 Å². The number of piperidine rings is 1. The van der Waals surface area contributed by atoms with Gasteiger partial charge in [0.25, 0.3) is 0 Å². The number of carbonyl (C=O) groups excluding carboxylic acids is 1. The summed E-state index contributed by atoms with van der Waals surface area (Å²) in [5.41, 5.74) is 1.74. The highest BCUT2D eigenvalue weighted by Crippen LogP contribution is 2.18. The second kappa shape index (κ2) is 5.82. The highest BCUT2D eigenvalue weighted by Gasteiger charge is 2.23. The number of aryl methyl sites for hydroxylation is 1. The quantitative estimate of drug-likeness (QED) is 0.837. The van der Waals surface area contributed by atoms with Gasteiger partial charge in [-0.1, -0.05) is 0 Å². The third-order valence-corrected chi connectivity index (χ3v) is 3.33. The summed E-state index contributed by atoms with van der Waals surface area (Å²) in [6.07, 6.45) is 5.33. The highest BCUT2D eigenvalue weighted by molar-refractivity contribution is 5.90. The second-order valence-corrected chi connectivity index (χ2v) is 4.76. The first-order valence-electron chi connectivity index (χ1n) is 6.28. The lowest BCUT2D eigenvalue weighted by molar-refractivity contribution is 0.136. The van der Waals surface area contributed by atoms with Gasteiger partial charge in [-0.05, 0) is 37.3 Å². The fourth-order valence-corrected chi connectivity index (χ4v) is 2.21. The van der Waals surface area contributed by atoms with E-state index in [0.29, 0.717) is 6.54 Å². The molecule has 98 valence electrons. The largest absolute Gasteiger partial charge is 0.396 e. The van der Waals surface area contributed by atoms with E-state index < -0.39 is 0 Å². The Bertz CT molecular complexity index is 422. The van der Waals surface area contributed by atoms with Crippen LogP contribution < -0.4 is 5.32 Å². The lowest BCUT2D eigenvalue weighted by Gasteiger charge is -2.31. The zero-order valence-electron chi connectivity index (χ0n) is 10.6. The molecule has 0 radical (unpaired) electrons. The first kappa shape index (κ1) is 12.8. The SMILES string of the molecule is Cc1cnccc1NC(=O)N1CCCC(CO)C1. The molecule has 0 aliphatic carbocycles. The summed E-state index contributed by atoms with van der Waals surface area (Å²) >= 11 is 0. The van der Waals surface area contributed by atoms with Crippen molar-refractivity contribution in [3.05, 3.63) is 24.0 Å². The Morgan fingerprint density at radius 2 is 2.50 bits per heavy atom. The van der Waals surface area contributed by atoms with E-state index in [0.717, 1.165) is 30.6 Å². The Morgan fingerprint density at radius 1 is 1.67 bits per heavy atom. The van der Waals surface area contributed by atoms with Crippen LogP contribution in [0.15, 0.2) is 18.5 Å². The predicted octanol–water partition coefficient (Wildman–Crippen LogP) is 1.63. The summed E-state index contributed by atoms with van der Waals surface area (Å²) in [5, 5.41) is 12.0. The summed E-state index contributed by atoms with van der Waals surface area (Å²) < 4.78 is 0. The number of amides is 2. The van der Waals surface area contributed by atoms with E-state index in [9.17, 15) is 4.79 Å². The van der Waals surface area contributed by atoms with E-state index in [2.05, 4.69) is 10.3 Å². The maximum atomic E-state index is 12.1. The molecule has 18 heavy (non-hydrogen) atoms. The van der Waals surface area contributed by atoms with Crippen LogP contribution in [-0.4, -0.2) is 40.7 Å². The average Bonchev–Trinajstić information content (AvgIpc) is 2.41. The van der Waals surface area contributed by atoms with Gasteiger partial charge in [0.05, 0.1) is 0 Å². The Morgan fingerprint density at radius 3 is 3.22 bits per heavy atom. The Labute approximate surface area is 107 Å². The predicted molar refractivity (Wildman–Crippen MR) is 69.4 cm³/mol. The number of likely N-dealkylation sites (tertiary alicyclic amines) is 1. The minimum Gasteiger partial charge on any atom is -0.396 e. The van der Waals surface area contributed by atoms with Gasteiger partial charge in [0, 0.05) is 37.8 Å². The van der Waals surface area contributed by atoms with Crippen LogP contribution in [-0.2, 0) is 0 Å². The summed E-state index contributed by atoms with van der Waals surface area (Å²) in [7, 11) is 0. The minimum atomic E-state index is -0.0950. The molecule has 1 unspecified atom stereocenters. The van der Waals surface area contributed by atoms with Gasteiger partial charge in [0.15, 0.2) is 0 Å². The van der Waals surface area contributed by atoms with Crippen LogP contribution >= 0.6 is 0 Å². The molecule has 1 fully saturated rings. The monoisotopic (exact) mass is 249 g/mol. The molecule has 2 amide bonds. The third kappa shape index (κ3) is 2.98. The molecule has 0 spiro atoms. The summed E-state index contributed by atoms with van der Waals surface area (Å²) in [6, 6.07) is 1.70. The highest BCUT2D eigenvalue weighted by atomic mass is 16.3. The number of aromatic nitrogens is 1. The number of hydrogen-bond donors (Lipinski definition) is 2. The molecule has 0 saturated carbocycles. The molecule has 2 rings (SSSR count). The van der Waals surface area contributed by atoms with Gasteiger partial charge in [-0.3, -0.25) is 4.98 Å². The number of urea groups is 1. The average molecular weight is 249 g/mol. The smallest absolute Gasteiger partial charge is 0.321 e. The number of hydrogen-bond acceptors (Lipinski definition) is 3. The molecule has 1 saturated heterocycles. The number of pyridine rings is 1. The molecule has 0 bridgehead atoms. The summed E-state index contributed by atoms with van der Waals surface area (Å²) in [5.74, 6) is 0.211. The molecule has 1 aromatic heterocycles. The van der Waals surface area contributed by atoms with E-state index in [1.54, 1.807) is 23.4 Å². The minimum absolute atomic E-state index is 0.0950. The van der Waals surface area contributed by atoms with Gasteiger partial charge in [0.1, 0.15) is 0 Å². The van der Waals surface area contributed by atoms with Crippen LogP contribution in [0.25, 0.3) is 0 Å². The van der Waals surface area contributed by atoms with Crippen LogP contribution in [0.4, 0.5) is 10.5 Å². The van der Waals surface area contributed by atoms with Crippen molar-refractivity contribution in [2.75, 3.05) is 25.0 Å². The molecule has 2 N–H and O–H groups in total. The fourth-order valence-electron chi connectivity index (χ4n) is 2.21. The number of anilines is 1. The molecular weight excluding hydrogens is 230 g/mol. The van der Waals surface area contributed by atoms with Gasteiger partial charge in [0.2, 0.25) is 0 Å². The standard InChI is InChI=1S/C13H19N3O2/c1-10-7-14-5-4-12(10)15-13(18)16-6-2-3-11(8-16)9-17/h4-5,7,11,17H,2-3,6,8-9H2,1H3,(H,14,15,18). The number of aliphatic hydroxyl groups excluding tert-OH is 1. The second-order valence-electron chi connectivity index (χ2n) is 4.76. The van der Waals surface area contributed by atoms with E-state index >= 15 is 0 Å². The normalized spacial score (nSPS) is 19.7. The number of carbonyl (C=O) groups is 1. The number of nitrogens with zero attached hydrogens (tertiary/aromatic N) is 2. The molecule has 1 aromatic rings. The Hall–Kier alpha value is -1.62. The number of rotatable bonds is 2. The molecule has 2 heterocycles. The van der Waals surface area contributed by atoms with Crippen molar-refractivity contribution in [1.82, 2.24) is 9.88 Å². The van der Waals surface area contributed by atoms with Crippen molar-refractivity contribution in [2.45, 2.75) is 19.8 Å². The molecule has 5 nitrogen and oxygen atoms in total. The molecule has 1 atom stereocenters. The van der Waals surface area contributed by atoms with Crippen molar-refractivity contribution in [3.63, 3.8) is 0 Å². The maximum Gasteiger partial charge on any atom is 0.321 e. The van der Waals surface area contributed by atoms with E-state index in [1.807, 2.05) is 6.92 Å². The Kier molecular flexibility index (Phi) is 4.15. The van der Waals surface area contributed by atoms with E-state index in [1.165, 1.54) is 0 Å². The van der Waals surface area contributed by atoms with Crippen molar-refractivity contribution in [2.24, 2.45) is 5.92 Å². The van der Waals surface area contributed by atoms with Crippen molar-refractivity contribution < 1.29 is 9.90 Å². The summed E-state index contributed by atoms with van der Waals surface area (Å²) in [4.78, 5) is 17.9. The van der Waals surface area contributed by atoms with Crippen LogP contribution in [0, 0.1) is 12.8 Å². The van der Waals surface area contributed by atoms with Crippen molar-refractivity contribution >= 4 is 11.7 Å². The maximum absolute atomic E-state index is 12.1. The zero-order valence-corrected chi connectivity index (χ0v) is 10.6. The van der Waals surface area contributed by atoms with Gasteiger partial charge >= 0.3 is 6.03 Å². The molecular formula is C13H19N3O2. The van der Waals surface area contributed by atoms with Crippen LogP contribution in [0.2, 0.25) is 0 Å². The molecule has 1 aliphatic heterocycles. The molecule has 1 aliphatic rings. The lowest BCUT2D eigenvalue weighted by atomic mass is 9.99. The zero-order chi connectivity index (χ0) is 13.0. The summed E-state index contributed by atoms with van der Waals surface area (Å²) in [6.45, 7) is 3.45. The number of nitrogens with one attached hydrogen (secondary N) is 1. The van der Waals surface area contributed by atoms with Gasteiger partial charge in [-0.2, -0.15) is 0 Å². The van der Waals surface area contributed by atoms with Gasteiger partial charge in [-0.25, -0.2) is 4.79 Å². The van der Waals surface area contributed by atoms with Crippen LogP contribution in [0.3, 0.4) is 0 Å². The van der Waals surface area contributed by atoms with Gasteiger partial charge in [-0.15, -0.1) is 0 Å². The number of aliphatic hydroxyl groups is 1. The van der Waals surface area contributed by atoms with Gasteiger partial charge < -0.3 is 15.3 Å². The third-order valence-electron chi connectivity index (χ3n) is 3.33. The lowest BCUT2D eigenvalue weighted by Crippen LogP contribution is -2.43. The van der Waals surface area contributed by atoms with Crippen molar-refractivity contribution in [1.29, 1.82) is 0 Å². The van der Waals surface area contributed by atoms with Crippen LogP contribution in [0.5, 0.6) is 0 Å². The first-order chi connectivity index (χ1) is 8.70. The Balaban J connectivity index is 1.97.